The molecule has 0 saturated carbocycles. The first kappa shape index (κ1) is 16.1. The molecule has 0 spiro atoms. The summed E-state index contributed by atoms with van der Waals surface area (Å²) in [5.74, 6) is -3.87. The number of aliphatic hydroxyl groups excluding tert-OH is 2. The molecule has 1 aliphatic rings. The SMILES string of the molecule is [N-]=[N+]=NCc1cn([C@@H]2O[C@H](CO)[C@@H](O)C2(F)F)c(=O)[nH]c1=O. The monoisotopic (exact) mass is 319 g/mol. The van der Waals surface area contributed by atoms with Crippen molar-refractivity contribution in [2.24, 2.45) is 5.11 Å². The van der Waals surface area contributed by atoms with Crippen molar-refractivity contribution < 1.29 is 23.7 Å². The Balaban J connectivity index is 2.50. The van der Waals surface area contributed by atoms with Gasteiger partial charge in [0.25, 0.3) is 5.56 Å². The molecule has 1 aromatic heterocycles. The summed E-state index contributed by atoms with van der Waals surface area (Å²) in [5.41, 5.74) is 5.89. The zero-order chi connectivity index (χ0) is 16.5. The molecule has 3 atom stereocenters. The Morgan fingerprint density at radius 2 is 2.23 bits per heavy atom. The summed E-state index contributed by atoms with van der Waals surface area (Å²) in [6, 6.07) is 0. The highest BCUT2D eigenvalue weighted by Crippen LogP contribution is 2.41. The highest BCUT2D eigenvalue weighted by molar-refractivity contribution is 5.07. The summed E-state index contributed by atoms with van der Waals surface area (Å²) >= 11 is 0. The lowest BCUT2D eigenvalue weighted by Gasteiger charge is -2.21. The number of H-pyrrole nitrogens is 1. The molecule has 2 rings (SSSR count). The highest BCUT2D eigenvalue weighted by Gasteiger charge is 2.59. The molecule has 12 heteroatoms. The van der Waals surface area contributed by atoms with E-state index in [4.69, 9.17) is 15.4 Å². The Hall–Kier alpha value is -2.27. The first-order valence-corrected chi connectivity index (χ1v) is 6.00. The summed E-state index contributed by atoms with van der Waals surface area (Å²) in [4.78, 5) is 27.4. The normalized spacial score (nSPS) is 26.6. The Morgan fingerprint density at radius 1 is 1.55 bits per heavy atom. The van der Waals surface area contributed by atoms with Gasteiger partial charge in [-0.15, -0.1) is 0 Å². The Kier molecular flexibility index (Phi) is 4.28. The van der Waals surface area contributed by atoms with Crippen LogP contribution in [0.2, 0.25) is 0 Å². The molecule has 0 bridgehead atoms. The second-order valence-electron chi connectivity index (χ2n) is 4.54. The zero-order valence-electron chi connectivity index (χ0n) is 10.9. The fourth-order valence-electron chi connectivity index (χ4n) is 2.04. The lowest BCUT2D eigenvalue weighted by Crippen LogP contribution is -2.43. The van der Waals surface area contributed by atoms with E-state index in [9.17, 15) is 23.5 Å². The number of nitrogens with zero attached hydrogens (tertiary/aromatic N) is 4. The van der Waals surface area contributed by atoms with Gasteiger partial charge in [-0.2, -0.15) is 8.78 Å². The quantitative estimate of drug-likeness (QED) is 0.378. The third kappa shape index (κ3) is 2.60. The number of ether oxygens (including phenoxy) is 1. The van der Waals surface area contributed by atoms with E-state index in [0.717, 1.165) is 6.20 Å². The molecule has 1 aliphatic heterocycles. The number of hydrogen-bond donors (Lipinski definition) is 3. The molecule has 1 fully saturated rings. The van der Waals surface area contributed by atoms with Crippen molar-refractivity contribution in [1.29, 1.82) is 0 Å². The third-order valence-corrected chi connectivity index (χ3v) is 3.16. The van der Waals surface area contributed by atoms with E-state index in [1.54, 1.807) is 4.98 Å². The van der Waals surface area contributed by atoms with Crippen LogP contribution in [0.3, 0.4) is 0 Å². The maximum atomic E-state index is 14.0. The molecule has 22 heavy (non-hydrogen) atoms. The summed E-state index contributed by atoms with van der Waals surface area (Å²) in [5, 5.41) is 21.4. The fourth-order valence-corrected chi connectivity index (χ4v) is 2.04. The molecule has 1 saturated heterocycles. The minimum atomic E-state index is -3.87. The number of aliphatic hydroxyl groups is 2. The lowest BCUT2D eigenvalue weighted by molar-refractivity contribution is -0.141. The van der Waals surface area contributed by atoms with Gasteiger partial charge in [-0.3, -0.25) is 14.3 Å². The van der Waals surface area contributed by atoms with Gasteiger partial charge in [-0.1, -0.05) is 5.11 Å². The van der Waals surface area contributed by atoms with Crippen LogP contribution in [0.25, 0.3) is 10.4 Å². The molecule has 0 radical (unpaired) electrons. The van der Waals surface area contributed by atoms with Crippen LogP contribution in [0.5, 0.6) is 0 Å². The molecule has 120 valence electrons. The number of nitrogens with one attached hydrogen (secondary N) is 1. The van der Waals surface area contributed by atoms with E-state index in [-0.39, 0.29) is 5.56 Å². The molecular formula is C10H11F2N5O5. The van der Waals surface area contributed by atoms with Crippen LogP contribution in [0.1, 0.15) is 11.8 Å². The van der Waals surface area contributed by atoms with Gasteiger partial charge in [0.2, 0.25) is 6.23 Å². The maximum absolute atomic E-state index is 14.0. The molecule has 0 aromatic carbocycles. The van der Waals surface area contributed by atoms with Gasteiger partial charge < -0.3 is 14.9 Å². The van der Waals surface area contributed by atoms with Crippen molar-refractivity contribution in [3.8, 4) is 0 Å². The van der Waals surface area contributed by atoms with Crippen molar-refractivity contribution in [1.82, 2.24) is 9.55 Å². The van der Waals surface area contributed by atoms with E-state index >= 15 is 0 Å². The third-order valence-electron chi connectivity index (χ3n) is 3.16. The number of aromatic amines is 1. The van der Waals surface area contributed by atoms with Gasteiger partial charge in [-0.25, -0.2) is 4.79 Å². The molecular weight excluding hydrogens is 308 g/mol. The predicted octanol–water partition coefficient (Wildman–Crippen LogP) is -0.767. The molecule has 0 amide bonds. The second-order valence-corrected chi connectivity index (χ2v) is 4.54. The summed E-state index contributed by atoms with van der Waals surface area (Å²) in [7, 11) is 0. The number of halogens is 2. The van der Waals surface area contributed by atoms with Crippen LogP contribution in [0, 0.1) is 0 Å². The van der Waals surface area contributed by atoms with Crippen molar-refractivity contribution >= 4 is 0 Å². The first-order valence-electron chi connectivity index (χ1n) is 6.00. The molecule has 1 aromatic rings. The van der Waals surface area contributed by atoms with Crippen LogP contribution in [-0.2, 0) is 11.3 Å². The van der Waals surface area contributed by atoms with Crippen LogP contribution >= 0.6 is 0 Å². The standard InChI is InChI=1S/C10H11F2N5O5/c11-10(12)6(19)5(3-18)22-8(10)17-2-4(1-14-16-13)7(20)15-9(17)21/h2,5-6,8,18-19H,1,3H2,(H,15,20,21)/t5-,6-,8-/m1/s1. The van der Waals surface area contributed by atoms with Crippen molar-refractivity contribution in [2.45, 2.75) is 30.9 Å². The van der Waals surface area contributed by atoms with Crippen molar-refractivity contribution in [3.05, 3.63) is 43.0 Å². The number of aromatic nitrogens is 2. The van der Waals surface area contributed by atoms with E-state index in [1.807, 2.05) is 0 Å². The fraction of sp³-hybridized carbons (Fsp3) is 0.600. The van der Waals surface area contributed by atoms with Crippen LogP contribution in [0.15, 0.2) is 20.9 Å². The highest BCUT2D eigenvalue weighted by atomic mass is 19.3. The summed E-state index contributed by atoms with van der Waals surface area (Å²) in [6.45, 7) is -1.34. The maximum Gasteiger partial charge on any atom is 0.330 e. The predicted molar refractivity (Wildman–Crippen MR) is 66.1 cm³/mol. The number of alkyl halides is 2. The second kappa shape index (κ2) is 5.85. The minimum Gasteiger partial charge on any atom is -0.394 e. The molecule has 0 unspecified atom stereocenters. The van der Waals surface area contributed by atoms with E-state index in [2.05, 4.69) is 10.0 Å². The molecule has 0 aliphatic carbocycles. The van der Waals surface area contributed by atoms with Gasteiger partial charge in [0.15, 0.2) is 6.10 Å². The van der Waals surface area contributed by atoms with Gasteiger partial charge in [0, 0.05) is 16.7 Å². The van der Waals surface area contributed by atoms with Crippen LogP contribution < -0.4 is 11.2 Å². The van der Waals surface area contributed by atoms with Gasteiger partial charge in [0.05, 0.1) is 13.2 Å². The molecule has 10 nitrogen and oxygen atoms in total. The average Bonchev–Trinajstić information content (AvgIpc) is 2.69. The first-order chi connectivity index (χ1) is 10.3. The molecule has 2 heterocycles. The number of azide groups is 1. The summed E-state index contributed by atoms with van der Waals surface area (Å²) in [6.07, 6.45) is -5.35. The van der Waals surface area contributed by atoms with Gasteiger partial charge >= 0.3 is 11.6 Å². The van der Waals surface area contributed by atoms with E-state index < -0.39 is 48.8 Å². The Morgan fingerprint density at radius 3 is 2.77 bits per heavy atom. The topological polar surface area (TPSA) is 153 Å². The summed E-state index contributed by atoms with van der Waals surface area (Å²) < 4.78 is 33.1. The Labute approximate surface area is 120 Å². The smallest absolute Gasteiger partial charge is 0.330 e. The van der Waals surface area contributed by atoms with Gasteiger partial charge in [0.1, 0.15) is 6.10 Å². The van der Waals surface area contributed by atoms with Crippen LogP contribution in [-0.4, -0.2) is 44.5 Å². The number of rotatable bonds is 4. The Bertz CT molecular complexity index is 725. The minimum absolute atomic E-state index is 0.237. The van der Waals surface area contributed by atoms with Crippen molar-refractivity contribution in [3.63, 3.8) is 0 Å². The van der Waals surface area contributed by atoms with Gasteiger partial charge in [-0.05, 0) is 5.53 Å². The molecule has 3 N–H and O–H groups in total. The van der Waals surface area contributed by atoms with E-state index in [0.29, 0.717) is 4.57 Å². The van der Waals surface area contributed by atoms with Crippen LogP contribution in [0.4, 0.5) is 8.78 Å². The average molecular weight is 319 g/mol. The number of hydrogen-bond acceptors (Lipinski definition) is 6. The van der Waals surface area contributed by atoms with Crippen molar-refractivity contribution in [2.75, 3.05) is 6.61 Å². The zero-order valence-corrected chi connectivity index (χ0v) is 10.9. The largest absolute Gasteiger partial charge is 0.394 e. The lowest BCUT2D eigenvalue weighted by atomic mass is 10.1. The van der Waals surface area contributed by atoms with E-state index in [1.165, 1.54) is 0 Å².